The van der Waals surface area contributed by atoms with Crippen LogP contribution in [0.25, 0.3) is 10.8 Å². The average Bonchev–Trinajstić information content (AvgIpc) is 3.02. The Hall–Kier alpha value is -2.01. The van der Waals surface area contributed by atoms with Crippen molar-refractivity contribution in [2.45, 2.75) is 19.3 Å². The van der Waals surface area contributed by atoms with Crippen LogP contribution in [0.4, 0.5) is 5.69 Å². The van der Waals surface area contributed by atoms with Gasteiger partial charge in [-0.15, -0.1) is 0 Å². The summed E-state index contributed by atoms with van der Waals surface area (Å²) in [5.74, 6) is 0.0167. The van der Waals surface area contributed by atoms with Crippen LogP contribution in [0.2, 0.25) is 0 Å². The van der Waals surface area contributed by atoms with E-state index in [4.69, 9.17) is 0 Å². The molecule has 1 saturated heterocycles. The Labute approximate surface area is 130 Å². The van der Waals surface area contributed by atoms with Crippen molar-refractivity contribution in [2.75, 3.05) is 31.5 Å². The highest BCUT2D eigenvalue weighted by Gasteiger charge is 2.10. The number of pyridine rings is 1. The van der Waals surface area contributed by atoms with Crippen LogP contribution in [0, 0.1) is 0 Å². The van der Waals surface area contributed by atoms with Crippen molar-refractivity contribution in [1.29, 1.82) is 0 Å². The van der Waals surface area contributed by atoms with Gasteiger partial charge in [0.05, 0.1) is 0 Å². The highest BCUT2D eigenvalue weighted by molar-refractivity contribution is 5.89. The molecule has 5 heteroatoms. The fourth-order valence-electron chi connectivity index (χ4n) is 3.05. The van der Waals surface area contributed by atoms with Gasteiger partial charge in [0.25, 0.3) is 5.56 Å². The summed E-state index contributed by atoms with van der Waals surface area (Å²) in [7, 11) is 1.57. The largest absolute Gasteiger partial charge is 0.494 e. The molecular formula is C17H23N3O2. The first-order valence-corrected chi connectivity index (χ1v) is 7.94. The molecule has 0 saturated carbocycles. The monoisotopic (exact) mass is 301 g/mol. The van der Waals surface area contributed by atoms with Gasteiger partial charge in [-0.05, 0) is 62.5 Å². The van der Waals surface area contributed by atoms with E-state index in [-0.39, 0.29) is 11.4 Å². The predicted molar refractivity (Wildman–Crippen MR) is 89.6 cm³/mol. The first-order valence-electron chi connectivity index (χ1n) is 7.94. The zero-order chi connectivity index (χ0) is 15.5. The molecule has 1 aliphatic heterocycles. The van der Waals surface area contributed by atoms with Crippen LogP contribution in [0.3, 0.4) is 0 Å². The molecule has 3 rings (SSSR count). The van der Waals surface area contributed by atoms with Gasteiger partial charge in [0.15, 0.2) is 0 Å². The second kappa shape index (κ2) is 6.40. The summed E-state index contributed by atoms with van der Waals surface area (Å²) < 4.78 is 1.26. The molecular weight excluding hydrogens is 278 g/mol. The second-order valence-corrected chi connectivity index (χ2v) is 6.00. The Morgan fingerprint density at radius 2 is 2.00 bits per heavy atom. The third kappa shape index (κ3) is 3.09. The Morgan fingerprint density at radius 1 is 1.23 bits per heavy atom. The Balaban J connectivity index is 1.64. The van der Waals surface area contributed by atoms with E-state index in [2.05, 4.69) is 10.2 Å². The molecule has 2 aromatic rings. The summed E-state index contributed by atoms with van der Waals surface area (Å²) in [4.78, 5) is 14.3. The molecule has 0 spiro atoms. The summed E-state index contributed by atoms with van der Waals surface area (Å²) in [6, 6.07) is 7.28. The maximum atomic E-state index is 11.7. The van der Waals surface area contributed by atoms with E-state index in [9.17, 15) is 9.90 Å². The molecule has 0 radical (unpaired) electrons. The zero-order valence-electron chi connectivity index (χ0n) is 13.0. The minimum atomic E-state index is -0.198. The van der Waals surface area contributed by atoms with Crippen LogP contribution in [0.1, 0.15) is 19.3 Å². The first-order chi connectivity index (χ1) is 10.6. The van der Waals surface area contributed by atoms with Gasteiger partial charge in [-0.2, -0.15) is 0 Å². The number of nitrogens with one attached hydrogen (secondary N) is 1. The van der Waals surface area contributed by atoms with Crippen molar-refractivity contribution < 1.29 is 5.11 Å². The maximum Gasteiger partial charge on any atom is 0.253 e. The van der Waals surface area contributed by atoms with Crippen LogP contribution in [0.15, 0.2) is 29.1 Å². The Bertz CT molecular complexity index is 718. The molecule has 5 nitrogen and oxygen atoms in total. The second-order valence-electron chi connectivity index (χ2n) is 6.00. The summed E-state index contributed by atoms with van der Waals surface area (Å²) in [5.41, 5.74) is 0.790. The molecule has 0 atom stereocenters. The quantitative estimate of drug-likeness (QED) is 0.831. The summed E-state index contributed by atoms with van der Waals surface area (Å²) >= 11 is 0. The van der Waals surface area contributed by atoms with Crippen molar-refractivity contribution in [3.63, 3.8) is 0 Å². The normalized spacial score (nSPS) is 15.5. The minimum absolute atomic E-state index is 0.0167. The van der Waals surface area contributed by atoms with Crippen molar-refractivity contribution in [2.24, 2.45) is 7.05 Å². The van der Waals surface area contributed by atoms with Gasteiger partial charge in [0.2, 0.25) is 5.88 Å². The van der Waals surface area contributed by atoms with E-state index in [0.29, 0.717) is 5.39 Å². The van der Waals surface area contributed by atoms with Gasteiger partial charge in [-0.1, -0.05) is 0 Å². The van der Waals surface area contributed by atoms with E-state index in [0.717, 1.165) is 30.6 Å². The molecule has 1 fully saturated rings. The lowest BCUT2D eigenvalue weighted by atomic mass is 10.1. The number of hydrogen-bond donors (Lipinski definition) is 2. The van der Waals surface area contributed by atoms with Gasteiger partial charge >= 0.3 is 0 Å². The van der Waals surface area contributed by atoms with Gasteiger partial charge < -0.3 is 15.3 Å². The summed E-state index contributed by atoms with van der Waals surface area (Å²) in [6.45, 7) is 4.53. The molecule has 0 aliphatic carbocycles. The third-order valence-corrected chi connectivity index (χ3v) is 4.40. The van der Waals surface area contributed by atoms with E-state index in [1.165, 1.54) is 30.5 Å². The average molecular weight is 301 g/mol. The van der Waals surface area contributed by atoms with Crippen molar-refractivity contribution in [1.82, 2.24) is 9.47 Å². The standard InChI is InChI=1S/C17H23N3O2/c1-19-16(21)12-13-11-14(5-6-15(13)17(19)22)18-7-4-10-20-8-2-3-9-20/h5-6,11-12,18,22H,2-4,7-10H2,1H3. The minimum Gasteiger partial charge on any atom is -0.494 e. The molecule has 2 heterocycles. The number of aromatic nitrogens is 1. The fraction of sp³-hybridized carbons (Fsp3) is 0.471. The van der Waals surface area contributed by atoms with Crippen LogP contribution >= 0.6 is 0 Å². The van der Waals surface area contributed by atoms with E-state index in [1.54, 1.807) is 13.1 Å². The molecule has 1 aromatic carbocycles. The molecule has 1 aliphatic rings. The molecule has 2 N–H and O–H groups in total. The Morgan fingerprint density at radius 3 is 2.77 bits per heavy atom. The fourth-order valence-corrected chi connectivity index (χ4v) is 3.05. The SMILES string of the molecule is Cn1c(O)c2ccc(NCCCN3CCCC3)cc2cc1=O. The van der Waals surface area contributed by atoms with E-state index in [1.807, 2.05) is 18.2 Å². The predicted octanol–water partition coefficient (Wildman–Crippen LogP) is 2.14. The number of anilines is 1. The van der Waals surface area contributed by atoms with Gasteiger partial charge in [0, 0.05) is 30.7 Å². The van der Waals surface area contributed by atoms with E-state index < -0.39 is 0 Å². The molecule has 118 valence electrons. The number of rotatable bonds is 5. The molecule has 1 aromatic heterocycles. The molecule has 0 amide bonds. The van der Waals surface area contributed by atoms with Gasteiger partial charge in [-0.25, -0.2) is 0 Å². The summed E-state index contributed by atoms with van der Waals surface area (Å²) in [5, 5.41) is 14.9. The first kappa shape index (κ1) is 14.9. The number of fused-ring (bicyclic) bond motifs is 1. The Kier molecular flexibility index (Phi) is 4.34. The zero-order valence-corrected chi connectivity index (χ0v) is 13.0. The van der Waals surface area contributed by atoms with Gasteiger partial charge in [-0.3, -0.25) is 9.36 Å². The van der Waals surface area contributed by atoms with Crippen LogP contribution in [-0.2, 0) is 7.05 Å². The van der Waals surface area contributed by atoms with Crippen molar-refractivity contribution in [3.8, 4) is 5.88 Å². The lowest BCUT2D eigenvalue weighted by Crippen LogP contribution is -2.22. The maximum absolute atomic E-state index is 11.7. The molecule has 0 unspecified atom stereocenters. The van der Waals surface area contributed by atoms with E-state index >= 15 is 0 Å². The number of likely N-dealkylation sites (tertiary alicyclic amines) is 1. The molecule has 22 heavy (non-hydrogen) atoms. The van der Waals surface area contributed by atoms with Crippen LogP contribution < -0.4 is 10.9 Å². The van der Waals surface area contributed by atoms with Crippen molar-refractivity contribution >= 4 is 16.5 Å². The number of nitrogens with zero attached hydrogens (tertiary/aromatic N) is 2. The van der Waals surface area contributed by atoms with Crippen LogP contribution in [0.5, 0.6) is 5.88 Å². The van der Waals surface area contributed by atoms with Crippen molar-refractivity contribution in [3.05, 3.63) is 34.6 Å². The number of aromatic hydroxyl groups is 1. The summed E-state index contributed by atoms with van der Waals surface area (Å²) in [6.07, 6.45) is 3.77. The highest BCUT2D eigenvalue weighted by Crippen LogP contribution is 2.24. The number of benzene rings is 1. The molecule has 0 bridgehead atoms. The lowest BCUT2D eigenvalue weighted by molar-refractivity contribution is 0.337. The smallest absolute Gasteiger partial charge is 0.253 e. The van der Waals surface area contributed by atoms with Crippen LogP contribution in [-0.4, -0.2) is 40.8 Å². The van der Waals surface area contributed by atoms with Gasteiger partial charge in [0.1, 0.15) is 0 Å². The topological polar surface area (TPSA) is 57.5 Å². The number of hydrogen-bond acceptors (Lipinski definition) is 4. The third-order valence-electron chi connectivity index (χ3n) is 4.40. The lowest BCUT2D eigenvalue weighted by Gasteiger charge is -2.15. The highest BCUT2D eigenvalue weighted by atomic mass is 16.3.